The summed E-state index contributed by atoms with van der Waals surface area (Å²) in [6.45, 7) is 12.3. The van der Waals surface area contributed by atoms with Crippen molar-refractivity contribution in [2.24, 2.45) is 0 Å². The van der Waals surface area contributed by atoms with E-state index in [2.05, 4.69) is 50.1 Å². The molecule has 1 amide bonds. The number of carbonyl (C=O) groups is 1. The smallest absolute Gasteiger partial charge is 0.266 e. The predicted octanol–water partition coefficient (Wildman–Crippen LogP) is 5.62. The third-order valence-electron chi connectivity index (χ3n) is 4.46. The highest BCUT2D eigenvalue weighted by molar-refractivity contribution is 7.22. The van der Waals surface area contributed by atoms with Crippen LogP contribution < -0.4 is 10.1 Å². The molecule has 3 aromatic rings. The van der Waals surface area contributed by atoms with E-state index in [4.69, 9.17) is 4.74 Å². The van der Waals surface area contributed by atoms with Gasteiger partial charge in [0, 0.05) is 0 Å². The third kappa shape index (κ3) is 4.48. The lowest BCUT2D eigenvalue weighted by Crippen LogP contribution is -2.30. The van der Waals surface area contributed by atoms with Gasteiger partial charge in [-0.05, 0) is 61.1 Å². The van der Waals surface area contributed by atoms with Gasteiger partial charge in [-0.3, -0.25) is 10.1 Å². The highest BCUT2D eigenvalue weighted by atomic mass is 32.1. The molecule has 0 saturated carbocycles. The molecule has 0 bridgehead atoms. The first-order valence-corrected chi connectivity index (χ1v) is 9.91. The van der Waals surface area contributed by atoms with E-state index in [1.54, 1.807) is 6.92 Å². The molecule has 0 radical (unpaired) electrons. The summed E-state index contributed by atoms with van der Waals surface area (Å²) < 4.78 is 6.88. The minimum Gasteiger partial charge on any atom is -0.481 e. The monoisotopic (exact) mass is 382 g/mol. The molecule has 1 heterocycles. The van der Waals surface area contributed by atoms with E-state index in [0.29, 0.717) is 10.9 Å². The van der Waals surface area contributed by atoms with Crippen molar-refractivity contribution in [3.8, 4) is 5.75 Å². The molecular formula is C22H26N2O2S. The molecule has 0 spiro atoms. The van der Waals surface area contributed by atoms with Gasteiger partial charge < -0.3 is 4.74 Å². The van der Waals surface area contributed by atoms with Gasteiger partial charge in [-0.15, -0.1) is 0 Å². The van der Waals surface area contributed by atoms with E-state index in [9.17, 15) is 4.79 Å². The summed E-state index contributed by atoms with van der Waals surface area (Å²) in [5, 5.41) is 3.48. The van der Waals surface area contributed by atoms with Crippen LogP contribution in [0.25, 0.3) is 10.2 Å². The van der Waals surface area contributed by atoms with Gasteiger partial charge in [0.1, 0.15) is 5.75 Å². The standard InChI is InChI=1S/C22H26N2O2S/c1-13-11-14(2)19-18(12-13)27-21(23-19)24-20(25)15(3)26-17-9-7-16(8-10-17)22(4,5)6/h7-12,15H,1-6H3,(H,23,24,25). The summed E-state index contributed by atoms with van der Waals surface area (Å²) >= 11 is 1.48. The van der Waals surface area contributed by atoms with Crippen LogP contribution in [0, 0.1) is 13.8 Å². The lowest BCUT2D eigenvalue weighted by molar-refractivity contribution is -0.122. The lowest BCUT2D eigenvalue weighted by atomic mass is 9.87. The van der Waals surface area contributed by atoms with Gasteiger partial charge in [0.05, 0.1) is 10.2 Å². The Hall–Kier alpha value is -2.40. The number of anilines is 1. The van der Waals surface area contributed by atoms with Crippen molar-refractivity contribution >= 4 is 32.6 Å². The number of rotatable bonds is 4. The average Bonchev–Trinajstić information content (AvgIpc) is 2.97. The van der Waals surface area contributed by atoms with Crippen LogP contribution in [0.2, 0.25) is 0 Å². The van der Waals surface area contributed by atoms with Crippen molar-refractivity contribution in [1.29, 1.82) is 0 Å². The Kier molecular flexibility index (Phi) is 5.24. The zero-order chi connectivity index (χ0) is 19.8. The SMILES string of the molecule is Cc1cc(C)c2nc(NC(=O)C(C)Oc3ccc(C(C)(C)C)cc3)sc2c1. The Morgan fingerprint density at radius 2 is 1.81 bits per heavy atom. The summed E-state index contributed by atoms with van der Waals surface area (Å²) in [5.74, 6) is 0.477. The minimum atomic E-state index is -0.611. The van der Waals surface area contributed by atoms with E-state index in [0.717, 1.165) is 15.8 Å². The number of ether oxygens (including phenoxy) is 1. The summed E-state index contributed by atoms with van der Waals surface area (Å²) in [6.07, 6.45) is -0.611. The van der Waals surface area contributed by atoms with Crippen molar-refractivity contribution in [3.63, 3.8) is 0 Å². The largest absolute Gasteiger partial charge is 0.481 e. The van der Waals surface area contributed by atoms with Gasteiger partial charge in [-0.2, -0.15) is 0 Å². The number of nitrogens with zero attached hydrogens (tertiary/aromatic N) is 1. The molecule has 0 aliphatic heterocycles. The van der Waals surface area contributed by atoms with Crippen LogP contribution in [0.3, 0.4) is 0 Å². The first kappa shape index (κ1) is 19.4. The van der Waals surface area contributed by atoms with Crippen LogP contribution >= 0.6 is 11.3 Å². The highest BCUT2D eigenvalue weighted by Gasteiger charge is 2.18. The number of aromatic nitrogens is 1. The number of hydrogen-bond acceptors (Lipinski definition) is 4. The van der Waals surface area contributed by atoms with Crippen molar-refractivity contribution in [1.82, 2.24) is 4.98 Å². The first-order valence-electron chi connectivity index (χ1n) is 9.09. The van der Waals surface area contributed by atoms with E-state index >= 15 is 0 Å². The Balaban J connectivity index is 1.68. The number of nitrogens with one attached hydrogen (secondary N) is 1. The summed E-state index contributed by atoms with van der Waals surface area (Å²) in [4.78, 5) is 17.1. The van der Waals surface area contributed by atoms with E-state index in [1.165, 1.54) is 22.5 Å². The topological polar surface area (TPSA) is 51.2 Å². The zero-order valence-corrected chi connectivity index (χ0v) is 17.5. The molecule has 1 aromatic heterocycles. The Labute approximate surface area is 164 Å². The maximum absolute atomic E-state index is 12.5. The van der Waals surface area contributed by atoms with E-state index in [1.807, 2.05) is 31.2 Å². The number of carbonyl (C=O) groups excluding carboxylic acids is 1. The van der Waals surface area contributed by atoms with Gasteiger partial charge >= 0.3 is 0 Å². The molecule has 1 atom stereocenters. The molecule has 2 aromatic carbocycles. The van der Waals surface area contributed by atoms with Crippen LogP contribution in [0.1, 0.15) is 44.4 Å². The van der Waals surface area contributed by atoms with Gasteiger partial charge in [-0.25, -0.2) is 4.98 Å². The van der Waals surface area contributed by atoms with Gasteiger partial charge in [0.25, 0.3) is 5.91 Å². The molecule has 3 rings (SSSR count). The average molecular weight is 383 g/mol. The number of amides is 1. The van der Waals surface area contributed by atoms with Crippen LogP contribution in [-0.2, 0) is 10.2 Å². The minimum absolute atomic E-state index is 0.0881. The third-order valence-corrected chi connectivity index (χ3v) is 5.38. The zero-order valence-electron chi connectivity index (χ0n) is 16.7. The fraction of sp³-hybridized carbons (Fsp3) is 0.364. The number of benzene rings is 2. The summed E-state index contributed by atoms with van der Waals surface area (Å²) in [5.41, 5.74) is 4.56. The molecule has 0 saturated heterocycles. The number of hydrogen-bond donors (Lipinski definition) is 1. The first-order chi connectivity index (χ1) is 12.6. The van der Waals surface area contributed by atoms with Crippen LogP contribution in [0.4, 0.5) is 5.13 Å². The molecule has 1 N–H and O–H groups in total. The van der Waals surface area contributed by atoms with E-state index < -0.39 is 6.10 Å². The van der Waals surface area contributed by atoms with Crippen molar-refractivity contribution in [2.45, 2.75) is 53.1 Å². The van der Waals surface area contributed by atoms with Crippen molar-refractivity contribution < 1.29 is 9.53 Å². The molecule has 0 fully saturated rings. The second-order valence-electron chi connectivity index (χ2n) is 7.97. The molecule has 142 valence electrons. The molecule has 27 heavy (non-hydrogen) atoms. The van der Waals surface area contributed by atoms with Crippen LogP contribution in [-0.4, -0.2) is 17.0 Å². The molecule has 5 heteroatoms. The number of aryl methyl sites for hydroxylation is 2. The van der Waals surface area contributed by atoms with Crippen molar-refractivity contribution in [2.75, 3.05) is 5.32 Å². The Morgan fingerprint density at radius 3 is 2.44 bits per heavy atom. The molecule has 1 unspecified atom stereocenters. The van der Waals surface area contributed by atoms with Gasteiger partial charge in [0.2, 0.25) is 0 Å². The van der Waals surface area contributed by atoms with E-state index in [-0.39, 0.29) is 11.3 Å². The quantitative estimate of drug-likeness (QED) is 0.637. The molecular weight excluding hydrogens is 356 g/mol. The van der Waals surface area contributed by atoms with Crippen LogP contribution in [0.15, 0.2) is 36.4 Å². The Bertz CT molecular complexity index is 968. The summed E-state index contributed by atoms with van der Waals surface area (Å²) in [6, 6.07) is 12.1. The second-order valence-corrected chi connectivity index (χ2v) is 9.00. The molecule has 0 aliphatic rings. The fourth-order valence-corrected chi connectivity index (χ4v) is 3.97. The number of fused-ring (bicyclic) bond motifs is 1. The predicted molar refractivity (Wildman–Crippen MR) is 113 cm³/mol. The fourth-order valence-electron chi connectivity index (χ4n) is 2.92. The maximum atomic E-state index is 12.5. The second kappa shape index (κ2) is 7.31. The van der Waals surface area contributed by atoms with Crippen LogP contribution in [0.5, 0.6) is 5.75 Å². The molecule has 4 nitrogen and oxygen atoms in total. The highest BCUT2D eigenvalue weighted by Crippen LogP contribution is 2.29. The molecule has 0 aliphatic carbocycles. The normalized spacial score (nSPS) is 12.8. The maximum Gasteiger partial charge on any atom is 0.266 e. The summed E-state index contributed by atoms with van der Waals surface area (Å²) in [7, 11) is 0. The Morgan fingerprint density at radius 1 is 1.15 bits per heavy atom. The number of thiazole rings is 1. The van der Waals surface area contributed by atoms with Crippen molar-refractivity contribution in [3.05, 3.63) is 53.1 Å². The van der Waals surface area contributed by atoms with Gasteiger partial charge in [-0.1, -0.05) is 50.3 Å². The lowest BCUT2D eigenvalue weighted by Gasteiger charge is -2.20. The van der Waals surface area contributed by atoms with Gasteiger partial charge in [0.15, 0.2) is 11.2 Å².